The summed E-state index contributed by atoms with van der Waals surface area (Å²) in [6, 6.07) is 11.1. The van der Waals surface area contributed by atoms with E-state index in [1.165, 1.54) is 17.5 Å². The number of aromatic amines is 1. The van der Waals surface area contributed by atoms with E-state index in [0.717, 1.165) is 29.1 Å². The molecule has 162 valence electrons. The predicted octanol–water partition coefficient (Wildman–Crippen LogP) is 4.93. The molecule has 3 heterocycles. The Hall–Kier alpha value is -3.19. The minimum absolute atomic E-state index is 0.283. The molecule has 0 amide bonds. The summed E-state index contributed by atoms with van der Waals surface area (Å²) in [6.07, 6.45) is 3.47. The number of pyridine rings is 1. The summed E-state index contributed by atoms with van der Waals surface area (Å²) in [6.45, 7) is 9.81. The average Bonchev–Trinajstić information content (AvgIpc) is 3.44. The van der Waals surface area contributed by atoms with Crippen LogP contribution in [0, 0.1) is 0 Å². The van der Waals surface area contributed by atoms with Crippen LogP contribution < -0.4 is 4.74 Å². The lowest BCUT2D eigenvalue weighted by Gasteiger charge is -2.23. The summed E-state index contributed by atoms with van der Waals surface area (Å²) < 4.78 is 7.27. The second kappa shape index (κ2) is 8.51. The van der Waals surface area contributed by atoms with E-state index in [2.05, 4.69) is 79.1 Å². The largest absolute Gasteiger partial charge is 0.493 e. The van der Waals surface area contributed by atoms with Crippen molar-refractivity contribution in [3.8, 4) is 28.3 Å². The maximum Gasteiger partial charge on any atom is 0.197 e. The summed E-state index contributed by atoms with van der Waals surface area (Å²) in [5.74, 6) is 0.957. The van der Waals surface area contributed by atoms with E-state index < -0.39 is 0 Å². The molecule has 0 radical (unpaired) electrons. The quantitative estimate of drug-likeness (QED) is 0.461. The summed E-state index contributed by atoms with van der Waals surface area (Å²) in [7, 11) is 3.79. The molecule has 0 unspecified atom stereocenters. The molecule has 0 aliphatic rings. The number of benzene rings is 1. The summed E-state index contributed by atoms with van der Waals surface area (Å²) in [5, 5.41) is 12.3. The Kier molecular flexibility index (Phi) is 5.78. The SMILES string of the molecule is CCN(C)[C@@H](C)c1ccc(-c2[nH]nc(-c3cc(OC)c4ncnn4c3)c2C(C)C)cc1. The van der Waals surface area contributed by atoms with E-state index in [0.29, 0.717) is 17.4 Å². The average molecular weight is 419 g/mol. The molecular weight excluding hydrogens is 388 g/mol. The first-order valence-corrected chi connectivity index (χ1v) is 10.7. The van der Waals surface area contributed by atoms with Crippen LogP contribution in [0.25, 0.3) is 28.2 Å². The van der Waals surface area contributed by atoms with Crippen LogP contribution in [-0.2, 0) is 0 Å². The van der Waals surface area contributed by atoms with Gasteiger partial charge in [-0.15, -0.1) is 0 Å². The number of hydrogen-bond donors (Lipinski definition) is 1. The Morgan fingerprint density at radius 2 is 1.87 bits per heavy atom. The van der Waals surface area contributed by atoms with Crippen molar-refractivity contribution in [3.05, 3.63) is 54.0 Å². The minimum Gasteiger partial charge on any atom is -0.493 e. The summed E-state index contributed by atoms with van der Waals surface area (Å²) in [5.41, 5.74) is 7.19. The fraction of sp³-hybridized carbons (Fsp3) is 0.375. The standard InChI is InChI=1S/C24H30N6O/c1-7-29(5)16(4)17-8-10-18(11-9-17)22-21(15(2)3)23(28-27-22)19-12-20(31-6)24-25-14-26-30(24)13-19/h8-16H,7H2,1-6H3,(H,27,28)/t16-/m0/s1. The molecule has 0 aliphatic carbocycles. The number of nitrogens with zero attached hydrogens (tertiary/aromatic N) is 5. The van der Waals surface area contributed by atoms with Gasteiger partial charge in [-0.25, -0.2) is 9.50 Å². The van der Waals surface area contributed by atoms with Gasteiger partial charge in [0.2, 0.25) is 0 Å². The maximum atomic E-state index is 5.54. The number of aromatic nitrogens is 5. The lowest BCUT2D eigenvalue weighted by atomic mass is 9.93. The highest BCUT2D eigenvalue weighted by molar-refractivity contribution is 5.76. The highest BCUT2D eigenvalue weighted by Crippen LogP contribution is 2.37. The van der Waals surface area contributed by atoms with Crippen molar-refractivity contribution in [1.29, 1.82) is 0 Å². The first kappa shape index (κ1) is 21.1. The molecule has 0 fully saturated rings. The molecule has 1 atom stereocenters. The second-order valence-electron chi connectivity index (χ2n) is 8.21. The van der Waals surface area contributed by atoms with Crippen LogP contribution in [0.1, 0.15) is 50.8 Å². The zero-order valence-corrected chi connectivity index (χ0v) is 19.0. The Labute approximate surface area is 183 Å². The first-order valence-electron chi connectivity index (χ1n) is 10.7. The molecule has 31 heavy (non-hydrogen) atoms. The van der Waals surface area contributed by atoms with Gasteiger partial charge in [0, 0.05) is 23.4 Å². The fourth-order valence-corrected chi connectivity index (χ4v) is 3.99. The minimum atomic E-state index is 0.283. The summed E-state index contributed by atoms with van der Waals surface area (Å²) >= 11 is 0. The smallest absolute Gasteiger partial charge is 0.197 e. The van der Waals surface area contributed by atoms with Crippen LogP contribution in [0.4, 0.5) is 0 Å². The van der Waals surface area contributed by atoms with Gasteiger partial charge < -0.3 is 4.74 Å². The van der Waals surface area contributed by atoms with Crippen molar-refractivity contribution in [3.63, 3.8) is 0 Å². The highest BCUT2D eigenvalue weighted by Gasteiger charge is 2.21. The van der Waals surface area contributed by atoms with Gasteiger partial charge in [0.25, 0.3) is 0 Å². The van der Waals surface area contributed by atoms with Crippen molar-refractivity contribution in [1.82, 2.24) is 29.7 Å². The fourth-order valence-electron chi connectivity index (χ4n) is 3.99. The number of H-pyrrole nitrogens is 1. The zero-order chi connectivity index (χ0) is 22.1. The third-order valence-electron chi connectivity index (χ3n) is 6.06. The van der Waals surface area contributed by atoms with E-state index >= 15 is 0 Å². The maximum absolute atomic E-state index is 5.54. The molecule has 0 bridgehead atoms. The number of methoxy groups -OCH3 is 1. The van der Waals surface area contributed by atoms with E-state index in [9.17, 15) is 0 Å². The van der Waals surface area contributed by atoms with Crippen molar-refractivity contribution in [2.75, 3.05) is 20.7 Å². The molecule has 1 aromatic carbocycles. The van der Waals surface area contributed by atoms with Crippen molar-refractivity contribution in [2.24, 2.45) is 0 Å². The molecular formula is C24H30N6O. The van der Waals surface area contributed by atoms with Gasteiger partial charge in [-0.05, 0) is 43.6 Å². The number of ether oxygens (including phenoxy) is 1. The Morgan fingerprint density at radius 1 is 1.13 bits per heavy atom. The molecule has 4 aromatic rings. The van der Waals surface area contributed by atoms with Gasteiger partial charge in [-0.2, -0.15) is 10.2 Å². The number of rotatable bonds is 7. The van der Waals surface area contributed by atoms with Gasteiger partial charge in [-0.1, -0.05) is 45.0 Å². The number of fused-ring (bicyclic) bond motifs is 1. The van der Waals surface area contributed by atoms with Gasteiger partial charge >= 0.3 is 0 Å². The second-order valence-corrected chi connectivity index (χ2v) is 8.21. The molecule has 4 rings (SSSR count). The topological polar surface area (TPSA) is 71.3 Å². The molecule has 7 nitrogen and oxygen atoms in total. The van der Waals surface area contributed by atoms with Gasteiger partial charge in [-0.3, -0.25) is 10.00 Å². The molecule has 0 spiro atoms. The third kappa shape index (κ3) is 3.81. The van der Waals surface area contributed by atoms with Crippen molar-refractivity contribution < 1.29 is 4.74 Å². The van der Waals surface area contributed by atoms with Crippen LogP contribution in [-0.4, -0.2) is 50.4 Å². The first-order chi connectivity index (χ1) is 14.9. The third-order valence-corrected chi connectivity index (χ3v) is 6.06. The van der Waals surface area contributed by atoms with Gasteiger partial charge in [0.1, 0.15) is 6.33 Å². The number of hydrogen-bond acceptors (Lipinski definition) is 5. The van der Waals surface area contributed by atoms with Crippen LogP contribution in [0.5, 0.6) is 5.75 Å². The van der Waals surface area contributed by atoms with E-state index in [1.807, 2.05) is 12.3 Å². The van der Waals surface area contributed by atoms with Crippen LogP contribution in [0.2, 0.25) is 0 Å². The van der Waals surface area contributed by atoms with Crippen LogP contribution in [0.15, 0.2) is 42.9 Å². The molecule has 0 saturated heterocycles. The van der Waals surface area contributed by atoms with Gasteiger partial charge in [0.05, 0.1) is 18.5 Å². The van der Waals surface area contributed by atoms with Gasteiger partial charge in [0.15, 0.2) is 11.4 Å². The normalized spacial score (nSPS) is 12.8. The van der Waals surface area contributed by atoms with Crippen molar-refractivity contribution in [2.45, 2.75) is 39.7 Å². The van der Waals surface area contributed by atoms with E-state index in [4.69, 9.17) is 9.84 Å². The molecule has 7 heteroatoms. The Bertz CT molecular complexity index is 1170. The molecule has 3 aromatic heterocycles. The lowest BCUT2D eigenvalue weighted by molar-refractivity contribution is 0.276. The Morgan fingerprint density at radius 3 is 2.52 bits per heavy atom. The zero-order valence-electron chi connectivity index (χ0n) is 19.0. The Balaban J connectivity index is 1.77. The highest BCUT2D eigenvalue weighted by atomic mass is 16.5. The summed E-state index contributed by atoms with van der Waals surface area (Å²) in [4.78, 5) is 6.60. The van der Waals surface area contributed by atoms with Crippen LogP contribution in [0.3, 0.4) is 0 Å². The van der Waals surface area contributed by atoms with E-state index in [-0.39, 0.29) is 5.92 Å². The molecule has 0 saturated carbocycles. The monoisotopic (exact) mass is 418 g/mol. The number of nitrogens with one attached hydrogen (secondary N) is 1. The van der Waals surface area contributed by atoms with E-state index in [1.54, 1.807) is 11.6 Å². The lowest BCUT2D eigenvalue weighted by Crippen LogP contribution is -2.21. The van der Waals surface area contributed by atoms with Crippen LogP contribution >= 0.6 is 0 Å². The predicted molar refractivity (Wildman–Crippen MR) is 123 cm³/mol. The molecule has 0 aliphatic heterocycles. The van der Waals surface area contributed by atoms with Crippen molar-refractivity contribution >= 4 is 5.65 Å². The molecule has 1 N–H and O–H groups in total.